The first-order valence-corrected chi connectivity index (χ1v) is 10.1. The SMILES string of the molecule is CCN(CC)S(=O)(=O)c1ccc(CCC(=O)Nc2cc(C)ccn2)cc1. The average Bonchev–Trinajstić information content (AvgIpc) is 2.61. The molecule has 0 unspecified atom stereocenters. The normalized spacial score (nSPS) is 11.5. The third-order valence-corrected chi connectivity index (χ3v) is 6.15. The second-order valence-corrected chi connectivity index (χ2v) is 7.94. The van der Waals surface area contributed by atoms with E-state index >= 15 is 0 Å². The van der Waals surface area contributed by atoms with Gasteiger partial charge in [-0.2, -0.15) is 4.31 Å². The number of nitrogens with one attached hydrogen (secondary N) is 1. The van der Waals surface area contributed by atoms with Crippen LogP contribution in [0.3, 0.4) is 0 Å². The number of hydrogen-bond donors (Lipinski definition) is 1. The Morgan fingerprint density at radius 2 is 1.77 bits per heavy atom. The van der Waals surface area contributed by atoms with Crippen molar-refractivity contribution in [3.05, 3.63) is 53.7 Å². The van der Waals surface area contributed by atoms with Crippen LogP contribution in [0, 0.1) is 6.92 Å². The van der Waals surface area contributed by atoms with E-state index in [2.05, 4.69) is 10.3 Å². The van der Waals surface area contributed by atoms with Crippen molar-refractivity contribution in [2.75, 3.05) is 18.4 Å². The van der Waals surface area contributed by atoms with Crippen molar-refractivity contribution in [3.8, 4) is 0 Å². The number of hydrogen-bond acceptors (Lipinski definition) is 4. The molecule has 0 fully saturated rings. The molecule has 0 aliphatic carbocycles. The monoisotopic (exact) mass is 375 g/mol. The van der Waals surface area contributed by atoms with Crippen molar-refractivity contribution >= 4 is 21.7 Å². The molecule has 0 bridgehead atoms. The second kappa shape index (κ2) is 8.91. The minimum absolute atomic E-state index is 0.122. The van der Waals surface area contributed by atoms with Crippen molar-refractivity contribution in [1.82, 2.24) is 9.29 Å². The van der Waals surface area contributed by atoms with Crippen LogP contribution in [-0.2, 0) is 21.2 Å². The maximum atomic E-state index is 12.5. The lowest BCUT2D eigenvalue weighted by atomic mass is 10.1. The Morgan fingerprint density at radius 3 is 2.35 bits per heavy atom. The van der Waals surface area contributed by atoms with Crippen molar-refractivity contribution in [3.63, 3.8) is 0 Å². The summed E-state index contributed by atoms with van der Waals surface area (Å²) in [5, 5.41) is 2.77. The van der Waals surface area contributed by atoms with E-state index in [9.17, 15) is 13.2 Å². The van der Waals surface area contributed by atoms with E-state index in [1.807, 2.05) is 32.9 Å². The van der Waals surface area contributed by atoms with Gasteiger partial charge in [0.2, 0.25) is 15.9 Å². The van der Waals surface area contributed by atoms with Gasteiger partial charge in [-0.1, -0.05) is 26.0 Å². The molecule has 2 rings (SSSR count). The smallest absolute Gasteiger partial charge is 0.243 e. The summed E-state index contributed by atoms with van der Waals surface area (Å²) in [5.74, 6) is 0.415. The van der Waals surface area contributed by atoms with Gasteiger partial charge in [0, 0.05) is 25.7 Å². The number of pyridine rings is 1. The third-order valence-electron chi connectivity index (χ3n) is 4.09. The number of sulfonamides is 1. The molecule has 26 heavy (non-hydrogen) atoms. The Kier molecular flexibility index (Phi) is 6.88. The molecule has 0 aliphatic rings. The highest BCUT2D eigenvalue weighted by molar-refractivity contribution is 7.89. The van der Waals surface area contributed by atoms with E-state index in [1.54, 1.807) is 30.5 Å². The number of rotatable bonds is 8. The number of benzene rings is 1. The summed E-state index contributed by atoms with van der Waals surface area (Å²) in [6.07, 6.45) is 2.49. The number of carbonyl (C=O) groups is 1. The molecular formula is C19H25N3O3S. The first kappa shape index (κ1) is 20.1. The van der Waals surface area contributed by atoms with Gasteiger partial charge in [-0.25, -0.2) is 13.4 Å². The molecule has 140 valence electrons. The summed E-state index contributed by atoms with van der Waals surface area (Å²) in [5.41, 5.74) is 1.94. The molecule has 0 aliphatic heterocycles. The highest BCUT2D eigenvalue weighted by Gasteiger charge is 2.21. The highest BCUT2D eigenvalue weighted by atomic mass is 32.2. The molecular weight excluding hydrogens is 350 g/mol. The first-order valence-electron chi connectivity index (χ1n) is 8.68. The van der Waals surface area contributed by atoms with E-state index in [-0.39, 0.29) is 10.8 Å². The van der Waals surface area contributed by atoms with Crippen LogP contribution in [0.5, 0.6) is 0 Å². The van der Waals surface area contributed by atoms with Gasteiger partial charge < -0.3 is 5.32 Å². The molecule has 0 radical (unpaired) electrons. The van der Waals surface area contributed by atoms with Gasteiger partial charge in [0.05, 0.1) is 4.90 Å². The molecule has 0 saturated heterocycles. The van der Waals surface area contributed by atoms with Crippen LogP contribution in [0.15, 0.2) is 47.5 Å². The number of anilines is 1. The van der Waals surface area contributed by atoms with Gasteiger partial charge in [0.1, 0.15) is 5.82 Å². The van der Waals surface area contributed by atoms with Gasteiger partial charge in [-0.3, -0.25) is 4.79 Å². The maximum Gasteiger partial charge on any atom is 0.243 e. The third kappa shape index (κ3) is 5.12. The summed E-state index contributed by atoms with van der Waals surface area (Å²) in [7, 11) is -3.45. The summed E-state index contributed by atoms with van der Waals surface area (Å²) >= 11 is 0. The van der Waals surface area contributed by atoms with Crippen molar-refractivity contribution in [2.24, 2.45) is 0 Å². The summed E-state index contributed by atoms with van der Waals surface area (Å²) in [6.45, 7) is 6.45. The van der Waals surface area contributed by atoms with Gasteiger partial charge in [0.25, 0.3) is 0 Å². The average molecular weight is 375 g/mol. The Bertz CT molecular complexity index is 845. The van der Waals surface area contributed by atoms with Gasteiger partial charge >= 0.3 is 0 Å². The van der Waals surface area contributed by atoms with Crippen LogP contribution >= 0.6 is 0 Å². The van der Waals surface area contributed by atoms with Gasteiger partial charge in [-0.15, -0.1) is 0 Å². The zero-order valence-corrected chi connectivity index (χ0v) is 16.2. The maximum absolute atomic E-state index is 12.5. The zero-order valence-electron chi connectivity index (χ0n) is 15.4. The molecule has 1 N–H and O–H groups in total. The fourth-order valence-corrected chi connectivity index (χ4v) is 4.07. The molecule has 7 heteroatoms. The number of aryl methyl sites for hydroxylation is 2. The van der Waals surface area contributed by atoms with Gasteiger partial charge in [0.15, 0.2) is 0 Å². The zero-order chi connectivity index (χ0) is 19.2. The Morgan fingerprint density at radius 1 is 1.12 bits per heavy atom. The molecule has 6 nitrogen and oxygen atoms in total. The lowest BCUT2D eigenvalue weighted by molar-refractivity contribution is -0.116. The minimum atomic E-state index is -3.45. The van der Waals surface area contributed by atoms with Crippen molar-refractivity contribution in [1.29, 1.82) is 0 Å². The lowest BCUT2D eigenvalue weighted by Gasteiger charge is -2.18. The van der Waals surface area contributed by atoms with Crippen LogP contribution < -0.4 is 5.32 Å². The number of aromatic nitrogens is 1. The van der Waals surface area contributed by atoms with Crippen LogP contribution in [0.1, 0.15) is 31.4 Å². The Labute approximate surface area is 155 Å². The summed E-state index contributed by atoms with van der Waals surface area (Å²) in [4.78, 5) is 16.4. The molecule has 1 amide bonds. The molecule has 1 heterocycles. The van der Waals surface area contributed by atoms with E-state index < -0.39 is 10.0 Å². The van der Waals surface area contributed by atoms with Crippen LogP contribution in [0.2, 0.25) is 0 Å². The van der Waals surface area contributed by atoms with Gasteiger partial charge in [-0.05, 0) is 48.7 Å². The quantitative estimate of drug-likeness (QED) is 0.769. The lowest BCUT2D eigenvalue weighted by Crippen LogP contribution is -2.30. The van der Waals surface area contributed by atoms with Crippen LogP contribution in [0.4, 0.5) is 5.82 Å². The summed E-state index contributed by atoms with van der Waals surface area (Å²) in [6, 6.07) is 10.4. The molecule has 1 aromatic heterocycles. The van der Waals surface area contributed by atoms with E-state index in [0.717, 1.165) is 11.1 Å². The Balaban J connectivity index is 1.96. The molecule has 1 aromatic carbocycles. The number of carbonyl (C=O) groups excluding carboxylic acids is 1. The standard InChI is InChI=1S/C19H25N3O3S/c1-4-22(5-2)26(24,25)17-9-6-16(7-10-17)8-11-19(23)21-18-14-15(3)12-13-20-18/h6-7,9-10,12-14H,4-5,8,11H2,1-3H3,(H,20,21,23). The van der Waals surface area contributed by atoms with E-state index in [0.29, 0.717) is 31.7 Å². The van der Waals surface area contributed by atoms with E-state index in [1.165, 1.54) is 4.31 Å². The molecule has 0 atom stereocenters. The molecule has 0 saturated carbocycles. The molecule has 2 aromatic rings. The minimum Gasteiger partial charge on any atom is -0.311 e. The van der Waals surface area contributed by atoms with Crippen molar-refractivity contribution in [2.45, 2.75) is 38.5 Å². The first-order chi connectivity index (χ1) is 12.4. The van der Waals surface area contributed by atoms with E-state index in [4.69, 9.17) is 0 Å². The fraction of sp³-hybridized carbons (Fsp3) is 0.368. The molecule has 0 spiro atoms. The van der Waals surface area contributed by atoms with Crippen LogP contribution in [0.25, 0.3) is 0 Å². The predicted octanol–water partition coefficient (Wildman–Crippen LogP) is 2.99. The summed E-state index contributed by atoms with van der Waals surface area (Å²) < 4.78 is 26.3. The fourth-order valence-electron chi connectivity index (χ4n) is 2.61. The van der Waals surface area contributed by atoms with Crippen molar-refractivity contribution < 1.29 is 13.2 Å². The number of amides is 1. The predicted molar refractivity (Wildman–Crippen MR) is 102 cm³/mol. The second-order valence-electron chi connectivity index (χ2n) is 6.00. The number of nitrogens with zero attached hydrogens (tertiary/aromatic N) is 2. The topological polar surface area (TPSA) is 79.4 Å². The Hall–Kier alpha value is -2.25. The largest absolute Gasteiger partial charge is 0.311 e. The van der Waals surface area contributed by atoms with Crippen LogP contribution in [-0.4, -0.2) is 36.7 Å². The highest BCUT2D eigenvalue weighted by Crippen LogP contribution is 2.17.